The molecule has 1 spiro atoms. The minimum Gasteiger partial charge on any atom is -0.481 e. The van der Waals surface area contributed by atoms with Crippen molar-refractivity contribution in [1.82, 2.24) is 5.32 Å². The molecule has 22 heavy (non-hydrogen) atoms. The minimum atomic E-state index is -0.934. The van der Waals surface area contributed by atoms with E-state index < -0.39 is 17.1 Å². The smallest absolute Gasteiger partial charge is 0.174 e. The van der Waals surface area contributed by atoms with E-state index in [0.29, 0.717) is 25.0 Å². The number of nitrogens with one attached hydrogen (secondary N) is 1. The Morgan fingerprint density at radius 3 is 3.05 bits per heavy atom. The number of benzene rings is 1. The summed E-state index contributed by atoms with van der Waals surface area (Å²) in [5.41, 5.74) is 1.29. The third-order valence-electron chi connectivity index (χ3n) is 6.35. The molecule has 5 nitrogen and oxygen atoms in total. The summed E-state index contributed by atoms with van der Waals surface area (Å²) in [5.74, 6) is 0.734. The number of ether oxygens (including phenoxy) is 1. The highest BCUT2D eigenvalue weighted by Crippen LogP contribution is 2.62. The summed E-state index contributed by atoms with van der Waals surface area (Å²) in [6, 6.07) is 3.88. The molecule has 0 amide bonds. The van der Waals surface area contributed by atoms with Gasteiger partial charge in [0, 0.05) is 23.6 Å². The molecule has 5 rings (SSSR count). The van der Waals surface area contributed by atoms with Gasteiger partial charge in [-0.3, -0.25) is 4.79 Å². The predicted octanol–water partition coefficient (Wildman–Crippen LogP) is 0.190. The second-order valence-corrected chi connectivity index (χ2v) is 7.07. The van der Waals surface area contributed by atoms with Gasteiger partial charge in [0.1, 0.15) is 5.75 Å². The zero-order valence-electron chi connectivity index (χ0n) is 12.3. The third-order valence-corrected chi connectivity index (χ3v) is 6.35. The molecule has 0 radical (unpaired) electrons. The van der Waals surface area contributed by atoms with Crippen molar-refractivity contribution < 1.29 is 19.7 Å². The first-order chi connectivity index (χ1) is 10.6. The average Bonchev–Trinajstić information content (AvgIpc) is 2.85. The summed E-state index contributed by atoms with van der Waals surface area (Å²) in [5, 5.41) is 24.6. The van der Waals surface area contributed by atoms with Crippen molar-refractivity contribution in [2.45, 2.75) is 55.5 Å². The van der Waals surface area contributed by atoms with Crippen LogP contribution in [0.5, 0.6) is 5.75 Å². The van der Waals surface area contributed by atoms with Crippen molar-refractivity contribution in [1.29, 1.82) is 0 Å². The zero-order valence-corrected chi connectivity index (χ0v) is 12.3. The monoisotopic (exact) mass is 301 g/mol. The summed E-state index contributed by atoms with van der Waals surface area (Å²) < 4.78 is 6.08. The fourth-order valence-corrected chi connectivity index (χ4v) is 5.42. The van der Waals surface area contributed by atoms with Crippen LogP contribution in [0.15, 0.2) is 12.1 Å². The van der Waals surface area contributed by atoms with Crippen molar-refractivity contribution in [2.24, 2.45) is 0 Å². The van der Waals surface area contributed by atoms with Gasteiger partial charge in [0.25, 0.3) is 0 Å². The highest BCUT2D eigenvalue weighted by Gasteiger charge is 2.71. The Bertz CT molecular complexity index is 702. The molecule has 4 atom stereocenters. The lowest BCUT2D eigenvalue weighted by atomic mass is 9.49. The number of hydrogen-bond donors (Lipinski definition) is 3. The maximum atomic E-state index is 12.5. The van der Waals surface area contributed by atoms with Gasteiger partial charge in [-0.25, -0.2) is 0 Å². The Balaban J connectivity index is 1.87. The first-order valence-electron chi connectivity index (χ1n) is 8.03. The Labute approximate surface area is 128 Å². The lowest BCUT2D eigenvalue weighted by Gasteiger charge is -2.59. The molecule has 4 aliphatic rings. The van der Waals surface area contributed by atoms with E-state index in [-0.39, 0.29) is 18.4 Å². The predicted molar refractivity (Wildman–Crippen MR) is 77.8 cm³/mol. The highest BCUT2D eigenvalue weighted by atomic mass is 16.5. The average molecular weight is 301 g/mol. The van der Waals surface area contributed by atoms with Crippen LogP contribution in [-0.2, 0) is 23.2 Å². The number of aliphatic hydroxyl groups excluding tert-OH is 1. The molecule has 1 saturated carbocycles. The molecule has 1 unspecified atom stereocenters. The molecule has 3 N–H and O–H groups in total. The van der Waals surface area contributed by atoms with Crippen molar-refractivity contribution in [3.63, 3.8) is 0 Å². The van der Waals surface area contributed by atoms with Gasteiger partial charge in [-0.15, -0.1) is 0 Å². The van der Waals surface area contributed by atoms with Crippen molar-refractivity contribution in [2.75, 3.05) is 6.54 Å². The lowest BCUT2D eigenvalue weighted by molar-refractivity contribution is -0.166. The zero-order chi connectivity index (χ0) is 15.1. The van der Waals surface area contributed by atoms with Gasteiger partial charge in [-0.2, -0.15) is 0 Å². The summed E-state index contributed by atoms with van der Waals surface area (Å²) in [6.07, 6.45) is 1.70. The van der Waals surface area contributed by atoms with Crippen LogP contribution in [0.2, 0.25) is 0 Å². The van der Waals surface area contributed by atoms with Crippen LogP contribution in [0, 0.1) is 0 Å². The second-order valence-electron chi connectivity index (χ2n) is 7.07. The molecule has 2 bridgehead atoms. The summed E-state index contributed by atoms with van der Waals surface area (Å²) >= 11 is 0. The second kappa shape index (κ2) is 3.91. The third kappa shape index (κ3) is 1.18. The Hall–Kier alpha value is -1.43. The van der Waals surface area contributed by atoms with Crippen molar-refractivity contribution >= 4 is 5.78 Å². The molecular formula is C17H19NO4. The minimum absolute atomic E-state index is 0.0288. The van der Waals surface area contributed by atoms with Gasteiger partial charge in [0.15, 0.2) is 11.9 Å². The highest BCUT2D eigenvalue weighted by molar-refractivity contribution is 5.89. The number of Topliss-reactive ketones (excluding diaryl/α,β-unsaturated/α-hetero) is 1. The van der Waals surface area contributed by atoms with Crippen LogP contribution in [0.1, 0.15) is 36.0 Å². The SMILES string of the molecule is O=C1CC[C@@]2(O)C3Cc4ccc(CO)c5c4[C@@]2(CCN3)[C@H]1O5. The van der Waals surface area contributed by atoms with E-state index in [0.717, 1.165) is 29.7 Å². The standard InChI is InChI=1S/C17H19NO4/c19-8-10-2-1-9-7-12-17(21)4-3-11(20)15-16(17,5-6-18-12)13(9)14(10)22-15/h1-2,12,15,18-19,21H,3-8H2/t12?,15-,16-,17+/m0/s1. The van der Waals surface area contributed by atoms with Crippen molar-refractivity contribution in [3.05, 3.63) is 28.8 Å². The Morgan fingerprint density at radius 2 is 2.23 bits per heavy atom. The number of rotatable bonds is 1. The number of aliphatic hydroxyl groups is 2. The molecule has 2 fully saturated rings. The molecule has 5 heteroatoms. The molecule has 0 aromatic heterocycles. The van der Waals surface area contributed by atoms with E-state index in [1.54, 1.807) is 0 Å². The lowest BCUT2D eigenvalue weighted by Crippen LogP contribution is -2.76. The van der Waals surface area contributed by atoms with Crippen LogP contribution < -0.4 is 10.1 Å². The summed E-state index contributed by atoms with van der Waals surface area (Å²) in [7, 11) is 0. The van der Waals surface area contributed by atoms with E-state index in [1.165, 1.54) is 0 Å². The van der Waals surface area contributed by atoms with Gasteiger partial charge in [-0.05, 0) is 31.4 Å². The number of piperidine rings is 1. The fraction of sp³-hybridized carbons (Fsp3) is 0.588. The number of carbonyl (C=O) groups excluding carboxylic acids is 1. The first kappa shape index (κ1) is 13.0. The molecular weight excluding hydrogens is 282 g/mol. The first-order valence-corrected chi connectivity index (χ1v) is 8.03. The van der Waals surface area contributed by atoms with Gasteiger partial charge in [0.2, 0.25) is 0 Å². The molecule has 2 heterocycles. The maximum Gasteiger partial charge on any atom is 0.174 e. The van der Waals surface area contributed by atoms with Gasteiger partial charge >= 0.3 is 0 Å². The Kier molecular flexibility index (Phi) is 2.32. The number of carbonyl (C=O) groups is 1. The van der Waals surface area contributed by atoms with Gasteiger partial charge < -0.3 is 20.3 Å². The quantitative estimate of drug-likeness (QED) is 0.690. The molecule has 2 aliphatic carbocycles. The van der Waals surface area contributed by atoms with E-state index in [2.05, 4.69) is 5.32 Å². The van der Waals surface area contributed by atoms with Crippen LogP contribution in [0.3, 0.4) is 0 Å². The molecule has 1 aromatic carbocycles. The normalized spacial score (nSPS) is 41.1. The molecule has 116 valence electrons. The maximum absolute atomic E-state index is 12.5. The largest absolute Gasteiger partial charge is 0.481 e. The Morgan fingerprint density at radius 1 is 1.36 bits per heavy atom. The van der Waals surface area contributed by atoms with E-state index >= 15 is 0 Å². The number of hydrogen-bond acceptors (Lipinski definition) is 5. The van der Waals surface area contributed by atoms with E-state index in [1.807, 2.05) is 12.1 Å². The van der Waals surface area contributed by atoms with Crippen LogP contribution in [-0.4, -0.2) is 40.3 Å². The van der Waals surface area contributed by atoms with Gasteiger partial charge in [-0.1, -0.05) is 12.1 Å². The van der Waals surface area contributed by atoms with E-state index in [4.69, 9.17) is 4.74 Å². The van der Waals surface area contributed by atoms with Crippen molar-refractivity contribution in [3.8, 4) is 5.75 Å². The van der Waals surface area contributed by atoms with Crippen LogP contribution >= 0.6 is 0 Å². The van der Waals surface area contributed by atoms with E-state index in [9.17, 15) is 15.0 Å². The molecule has 1 saturated heterocycles. The topological polar surface area (TPSA) is 78.8 Å². The molecule has 1 aromatic rings. The summed E-state index contributed by atoms with van der Waals surface area (Å²) in [6.45, 7) is 0.669. The molecule has 2 aliphatic heterocycles. The fourth-order valence-electron chi connectivity index (χ4n) is 5.42. The summed E-state index contributed by atoms with van der Waals surface area (Å²) in [4.78, 5) is 12.5. The van der Waals surface area contributed by atoms with Crippen LogP contribution in [0.25, 0.3) is 0 Å². The number of ketones is 1. The van der Waals surface area contributed by atoms with Gasteiger partial charge in [0.05, 0.1) is 17.6 Å². The van der Waals surface area contributed by atoms with Crippen LogP contribution in [0.4, 0.5) is 0 Å².